The molecule has 0 aliphatic carbocycles. The lowest BCUT2D eigenvalue weighted by molar-refractivity contribution is 0.112. The van der Waals surface area contributed by atoms with Crippen LogP contribution in [0.4, 0.5) is 5.69 Å². The quantitative estimate of drug-likeness (QED) is 0.463. The van der Waals surface area contributed by atoms with Crippen LogP contribution in [0.3, 0.4) is 0 Å². The SMILES string of the molecule is Cc1c(C)c(C=O)c(N)c(OP)c1C. The van der Waals surface area contributed by atoms with Crippen molar-refractivity contribution in [1.82, 2.24) is 0 Å². The third-order valence-electron chi connectivity index (χ3n) is 2.64. The number of nitrogens with two attached hydrogens (primary N) is 1. The monoisotopic (exact) mass is 211 g/mol. The van der Waals surface area contributed by atoms with E-state index in [1.54, 1.807) is 0 Å². The first-order chi connectivity index (χ1) is 6.54. The van der Waals surface area contributed by atoms with Gasteiger partial charge in [-0.3, -0.25) is 4.79 Å². The molecular weight excluding hydrogens is 197 g/mol. The Morgan fingerprint density at radius 1 is 1.21 bits per heavy atom. The van der Waals surface area contributed by atoms with Gasteiger partial charge in [0.15, 0.2) is 6.29 Å². The number of benzene rings is 1. The van der Waals surface area contributed by atoms with Crippen LogP contribution in [0.1, 0.15) is 27.0 Å². The fourth-order valence-corrected chi connectivity index (χ4v) is 1.79. The topological polar surface area (TPSA) is 52.3 Å². The molecule has 0 amide bonds. The summed E-state index contributed by atoms with van der Waals surface area (Å²) >= 11 is 0. The maximum atomic E-state index is 10.8. The molecule has 1 aromatic carbocycles. The van der Waals surface area contributed by atoms with Gasteiger partial charge >= 0.3 is 0 Å². The molecule has 0 spiro atoms. The van der Waals surface area contributed by atoms with Crippen LogP contribution >= 0.6 is 9.47 Å². The van der Waals surface area contributed by atoms with E-state index >= 15 is 0 Å². The number of hydrogen-bond donors (Lipinski definition) is 1. The van der Waals surface area contributed by atoms with Crippen molar-refractivity contribution in [3.05, 3.63) is 22.3 Å². The standard InChI is InChI=1S/C10H14NO2P/c1-5-6(2)8(4-12)9(11)10(13-14)7(5)3/h4H,11,14H2,1-3H3. The maximum absolute atomic E-state index is 10.8. The third kappa shape index (κ3) is 1.48. The van der Waals surface area contributed by atoms with Crippen molar-refractivity contribution < 1.29 is 9.32 Å². The summed E-state index contributed by atoms with van der Waals surface area (Å²) in [5, 5.41) is 0. The molecule has 14 heavy (non-hydrogen) atoms. The lowest BCUT2D eigenvalue weighted by Crippen LogP contribution is -2.03. The molecule has 0 aromatic heterocycles. The number of rotatable bonds is 2. The Balaban J connectivity index is 3.64. The predicted molar refractivity (Wildman–Crippen MR) is 60.8 cm³/mol. The molecule has 0 saturated heterocycles. The molecule has 2 N–H and O–H groups in total. The minimum absolute atomic E-state index is 0.413. The van der Waals surface area contributed by atoms with E-state index in [4.69, 9.17) is 10.3 Å². The second-order valence-electron chi connectivity index (χ2n) is 3.27. The van der Waals surface area contributed by atoms with E-state index in [2.05, 4.69) is 9.47 Å². The zero-order chi connectivity index (χ0) is 10.9. The Labute approximate surface area is 85.9 Å². The van der Waals surface area contributed by atoms with Gasteiger partial charge in [0.05, 0.1) is 15.2 Å². The second kappa shape index (κ2) is 3.97. The molecule has 1 aromatic rings. The van der Waals surface area contributed by atoms with Gasteiger partial charge in [-0.2, -0.15) is 0 Å². The highest BCUT2D eigenvalue weighted by Gasteiger charge is 2.15. The molecule has 0 radical (unpaired) electrons. The fourth-order valence-electron chi connectivity index (χ4n) is 1.48. The molecule has 0 saturated carbocycles. The summed E-state index contributed by atoms with van der Waals surface area (Å²) in [5.74, 6) is 0.570. The molecule has 3 nitrogen and oxygen atoms in total. The Kier molecular flexibility index (Phi) is 3.12. The normalized spacial score (nSPS) is 10.0. The number of carbonyl (C=O) groups excluding carboxylic acids is 1. The van der Waals surface area contributed by atoms with Gasteiger partial charge in [0.25, 0.3) is 0 Å². The average molecular weight is 211 g/mol. The fraction of sp³-hybridized carbons (Fsp3) is 0.300. The first-order valence-corrected chi connectivity index (χ1v) is 4.72. The zero-order valence-corrected chi connectivity index (χ0v) is 9.70. The van der Waals surface area contributed by atoms with Gasteiger partial charge in [-0.15, -0.1) is 0 Å². The summed E-state index contributed by atoms with van der Waals surface area (Å²) in [5.41, 5.74) is 9.67. The molecule has 0 fully saturated rings. The van der Waals surface area contributed by atoms with Crippen molar-refractivity contribution in [2.24, 2.45) is 0 Å². The lowest BCUT2D eigenvalue weighted by atomic mass is 9.96. The third-order valence-corrected chi connectivity index (χ3v) is 2.88. The molecule has 1 atom stereocenters. The van der Waals surface area contributed by atoms with Gasteiger partial charge in [-0.25, -0.2) is 0 Å². The first-order valence-electron chi connectivity index (χ1n) is 4.25. The summed E-state index contributed by atoms with van der Waals surface area (Å²) < 4.78 is 5.09. The molecule has 0 aliphatic heterocycles. The van der Waals surface area contributed by atoms with E-state index in [9.17, 15) is 4.79 Å². The highest BCUT2D eigenvalue weighted by Crippen LogP contribution is 2.35. The first kappa shape index (κ1) is 11.0. The van der Waals surface area contributed by atoms with Crippen molar-refractivity contribution in [3.8, 4) is 5.75 Å². The molecule has 1 rings (SSSR count). The van der Waals surface area contributed by atoms with Crippen molar-refractivity contribution in [1.29, 1.82) is 0 Å². The molecule has 1 unspecified atom stereocenters. The van der Waals surface area contributed by atoms with E-state index in [1.165, 1.54) is 0 Å². The van der Waals surface area contributed by atoms with Crippen LogP contribution < -0.4 is 10.3 Å². The number of carbonyl (C=O) groups is 1. The highest BCUT2D eigenvalue weighted by atomic mass is 31.0. The summed E-state index contributed by atoms with van der Waals surface area (Å²) in [6.07, 6.45) is 0.768. The largest absolute Gasteiger partial charge is 0.478 e. The van der Waals surface area contributed by atoms with E-state index in [0.29, 0.717) is 17.0 Å². The van der Waals surface area contributed by atoms with Crippen molar-refractivity contribution in [2.45, 2.75) is 20.8 Å². The Morgan fingerprint density at radius 2 is 1.79 bits per heavy atom. The van der Waals surface area contributed by atoms with Crippen LogP contribution in [0.25, 0.3) is 0 Å². The number of nitrogen functional groups attached to an aromatic ring is 1. The Morgan fingerprint density at radius 3 is 2.21 bits per heavy atom. The highest BCUT2D eigenvalue weighted by molar-refractivity contribution is 7.10. The summed E-state index contributed by atoms with van der Waals surface area (Å²) in [6, 6.07) is 0. The smallest absolute Gasteiger partial charge is 0.152 e. The van der Waals surface area contributed by atoms with Crippen LogP contribution in [0.2, 0.25) is 0 Å². The molecule has 0 aliphatic rings. The van der Waals surface area contributed by atoms with Crippen molar-refractivity contribution in [2.75, 3.05) is 5.73 Å². The number of anilines is 1. The van der Waals surface area contributed by atoms with E-state index in [1.807, 2.05) is 20.8 Å². The average Bonchev–Trinajstić information content (AvgIpc) is 2.16. The summed E-state index contributed by atoms with van der Waals surface area (Å²) in [6.45, 7) is 5.76. The van der Waals surface area contributed by atoms with Gasteiger partial charge < -0.3 is 10.3 Å². The van der Waals surface area contributed by atoms with Crippen molar-refractivity contribution in [3.63, 3.8) is 0 Å². The lowest BCUT2D eigenvalue weighted by Gasteiger charge is -2.15. The van der Waals surface area contributed by atoms with Gasteiger partial charge in [0.2, 0.25) is 0 Å². The summed E-state index contributed by atoms with van der Waals surface area (Å²) in [4.78, 5) is 10.8. The Bertz CT molecular complexity index is 388. The zero-order valence-electron chi connectivity index (χ0n) is 8.55. The molecule has 0 bridgehead atoms. The van der Waals surface area contributed by atoms with Gasteiger partial charge in [0, 0.05) is 5.56 Å². The van der Waals surface area contributed by atoms with Gasteiger partial charge in [-0.05, 0) is 37.5 Å². The van der Waals surface area contributed by atoms with Crippen LogP contribution in [-0.4, -0.2) is 6.29 Å². The minimum atomic E-state index is 0.413. The van der Waals surface area contributed by atoms with E-state index < -0.39 is 0 Å². The van der Waals surface area contributed by atoms with Crippen molar-refractivity contribution >= 4 is 21.4 Å². The van der Waals surface area contributed by atoms with Crippen LogP contribution in [0.5, 0.6) is 5.75 Å². The Hall–Kier alpha value is -1.08. The maximum Gasteiger partial charge on any atom is 0.152 e. The van der Waals surface area contributed by atoms with Crippen LogP contribution in [0, 0.1) is 20.8 Å². The van der Waals surface area contributed by atoms with E-state index in [-0.39, 0.29) is 0 Å². The molecular formula is C10H14NO2P. The van der Waals surface area contributed by atoms with Crippen LogP contribution in [0.15, 0.2) is 0 Å². The molecule has 76 valence electrons. The van der Waals surface area contributed by atoms with Gasteiger partial charge in [0.1, 0.15) is 5.75 Å². The molecule has 0 heterocycles. The minimum Gasteiger partial charge on any atom is -0.478 e. The predicted octanol–water partition coefficient (Wildman–Crippen LogP) is 2.18. The summed E-state index contributed by atoms with van der Waals surface area (Å²) in [7, 11) is 2.15. The van der Waals surface area contributed by atoms with E-state index in [0.717, 1.165) is 23.0 Å². The molecule has 4 heteroatoms. The number of aldehydes is 1. The van der Waals surface area contributed by atoms with Gasteiger partial charge in [-0.1, -0.05) is 0 Å². The second-order valence-corrected chi connectivity index (χ2v) is 3.50. The van der Waals surface area contributed by atoms with Crippen LogP contribution in [-0.2, 0) is 0 Å². The number of hydrogen-bond acceptors (Lipinski definition) is 3.